The van der Waals surface area contributed by atoms with E-state index in [1.165, 1.54) is 11.9 Å². The van der Waals surface area contributed by atoms with Gasteiger partial charge in [0.25, 0.3) is 4.82 Å². The van der Waals surface area contributed by atoms with Crippen molar-refractivity contribution < 1.29 is 9.59 Å². The number of carbonyl (C=O) groups excluding carboxylic acids is 2. The molecule has 4 nitrogen and oxygen atoms in total. The van der Waals surface area contributed by atoms with E-state index in [1.807, 2.05) is 0 Å². The van der Waals surface area contributed by atoms with Gasteiger partial charge >= 0.3 is 0 Å². The predicted octanol–water partition coefficient (Wildman–Crippen LogP) is 0.183. The van der Waals surface area contributed by atoms with Gasteiger partial charge in [0.05, 0.1) is 6.54 Å². The van der Waals surface area contributed by atoms with Gasteiger partial charge in [-0.3, -0.25) is 9.59 Å². The topological polar surface area (TPSA) is 49.4 Å². The molecule has 0 aromatic carbocycles. The number of carbonyl (C=O) groups is 2. The second-order valence-corrected chi connectivity index (χ2v) is 2.66. The molecule has 0 aliphatic carbocycles. The highest BCUT2D eigenvalue weighted by atomic mass is 79.9. The molecule has 0 spiro atoms. The Morgan fingerprint density at radius 1 is 1.67 bits per heavy atom. The number of hydrogen-bond donors (Lipinski definition) is 1. The lowest BCUT2D eigenvalue weighted by atomic mass is 10.5. The standard InChI is InChI=1S/C7H9BrN2O2/c1-3-4-10(7(8)12)5-6(11)9-2/h1H,4-5H2,2H3,(H,9,11). The van der Waals surface area contributed by atoms with E-state index in [1.54, 1.807) is 0 Å². The second kappa shape index (κ2) is 5.61. The maximum atomic E-state index is 10.8. The average Bonchev–Trinajstić information content (AvgIpc) is 2.03. The summed E-state index contributed by atoms with van der Waals surface area (Å²) in [6.45, 7) is 0.0995. The fourth-order valence-electron chi connectivity index (χ4n) is 0.543. The van der Waals surface area contributed by atoms with Crippen LogP contribution in [0, 0.1) is 12.3 Å². The molecule has 0 unspecified atom stereocenters. The molecule has 12 heavy (non-hydrogen) atoms. The molecule has 0 radical (unpaired) electrons. The first-order valence-corrected chi connectivity index (χ1v) is 3.99. The zero-order chi connectivity index (χ0) is 9.56. The number of terminal acetylenes is 1. The van der Waals surface area contributed by atoms with Crippen molar-refractivity contribution in [3.05, 3.63) is 0 Å². The van der Waals surface area contributed by atoms with Gasteiger partial charge in [-0.15, -0.1) is 6.42 Å². The van der Waals surface area contributed by atoms with Crippen LogP contribution in [0.4, 0.5) is 4.79 Å². The molecule has 0 saturated carbocycles. The molecule has 0 saturated heterocycles. The fraction of sp³-hybridized carbons (Fsp3) is 0.429. The van der Waals surface area contributed by atoms with Crippen LogP contribution in [0.5, 0.6) is 0 Å². The van der Waals surface area contributed by atoms with Gasteiger partial charge in [-0.2, -0.15) is 0 Å². The van der Waals surface area contributed by atoms with Crippen LogP contribution in [-0.2, 0) is 4.79 Å². The molecular formula is C7H9BrN2O2. The molecule has 5 heteroatoms. The molecular weight excluding hydrogens is 224 g/mol. The van der Waals surface area contributed by atoms with Gasteiger partial charge in [0.2, 0.25) is 5.91 Å². The highest BCUT2D eigenvalue weighted by Crippen LogP contribution is 1.97. The van der Waals surface area contributed by atoms with Crippen LogP contribution in [0.25, 0.3) is 0 Å². The normalized spacial score (nSPS) is 8.42. The van der Waals surface area contributed by atoms with Crippen molar-refractivity contribution in [2.24, 2.45) is 0 Å². The van der Waals surface area contributed by atoms with Gasteiger partial charge in [0.1, 0.15) is 6.54 Å². The van der Waals surface area contributed by atoms with Crippen LogP contribution in [0.15, 0.2) is 0 Å². The third-order valence-corrected chi connectivity index (χ3v) is 1.65. The predicted molar refractivity (Wildman–Crippen MR) is 48.8 cm³/mol. The van der Waals surface area contributed by atoms with Gasteiger partial charge in [-0.05, 0) is 0 Å². The molecule has 0 atom stereocenters. The largest absolute Gasteiger partial charge is 0.358 e. The number of nitrogens with one attached hydrogen (secondary N) is 1. The lowest BCUT2D eigenvalue weighted by Gasteiger charge is -2.14. The molecule has 0 rings (SSSR count). The van der Waals surface area contributed by atoms with Gasteiger partial charge in [0, 0.05) is 23.0 Å². The Morgan fingerprint density at radius 2 is 2.25 bits per heavy atom. The summed E-state index contributed by atoms with van der Waals surface area (Å²) >= 11 is 2.71. The van der Waals surface area contributed by atoms with E-state index in [2.05, 4.69) is 27.2 Å². The summed E-state index contributed by atoms with van der Waals surface area (Å²) in [7, 11) is 1.50. The Kier molecular flexibility index (Phi) is 5.13. The lowest BCUT2D eigenvalue weighted by Crippen LogP contribution is -2.37. The van der Waals surface area contributed by atoms with Crippen LogP contribution in [-0.4, -0.2) is 35.8 Å². The molecule has 0 bridgehead atoms. The first kappa shape index (κ1) is 11.0. The average molecular weight is 233 g/mol. The smallest absolute Gasteiger partial charge is 0.290 e. The van der Waals surface area contributed by atoms with Crippen LogP contribution in [0.2, 0.25) is 0 Å². The minimum Gasteiger partial charge on any atom is -0.358 e. The highest BCUT2D eigenvalue weighted by Gasteiger charge is 2.11. The Morgan fingerprint density at radius 3 is 2.58 bits per heavy atom. The van der Waals surface area contributed by atoms with Crippen molar-refractivity contribution in [1.82, 2.24) is 10.2 Å². The van der Waals surface area contributed by atoms with Crippen LogP contribution in [0.1, 0.15) is 0 Å². The van der Waals surface area contributed by atoms with Crippen LogP contribution >= 0.6 is 15.9 Å². The minimum atomic E-state index is -0.385. The summed E-state index contributed by atoms with van der Waals surface area (Å²) in [6, 6.07) is 0. The van der Waals surface area contributed by atoms with Crippen molar-refractivity contribution in [3.8, 4) is 12.3 Å². The first-order chi connectivity index (χ1) is 5.61. The van der Waals surface area contributed by atoms with Gasteiger partial charge in [0.15, 0.2) is 0 Å². The molecule has 0 fully saturated rings. The molecule has 0 aliphatic heterocycles. The molecule has 66 valence electrons. The van der Waals surface area contributed by atoms with Crippen molar-refractivity contribution in [2.75, 3.05) is 20.1 Å². The van der Waals surface area contributed by atoms with E-state index in [0.29, 0.717) is 0 Å². The Balaban J connectivity index is 4.06. The van der Waals surface area contributed by atoms with E-state index in [0.717, 1.165) is 0 Å². The maximum absolute atomic E-state index is 10.8. The summed E-state index contributed by atoms with van der Waals surface area (Å²) in [5.41, 5.74) is 0. The lowest BCUT2D eigenvalue weighted by molar-refractivity contribution is -0.121. The molecule has 0 aromatic rings. The summed E-state index contributed by atoms with van der Waals surface area (Å²) in [4.78, 5) is 22.4. The first-order valence-electron chi connectivity index (χ1n) is 3.20. The van der Waals surface area contributed by atoms with Gasteiger partial charge < -0.3 is 10.2 Å². The van der Waals surface area contributed by atoms with E-state index in [4.69, 9.17) is 6.42 Å². The van der Waals surface area contributed by atoms with Crippen LogP contribution < -0.4 is 5.32 Å². The minimum absolute atomic E-state index is 0.0230. The van der Waals surface area contributed by atoms with Crippen molar-refractivity contribution in [2.45, 2.75) is 0 Å². The third kappa shape index (κ3) is 3.98. The van der Waals surface area contributed by atoms with Crippen molar-refractivity contribution >= 4 is 26.7 Å². The summed E-state index contributed by atoms with van der Waals surface area (Å²) in [5.74, 6) is 2.02. The fourth-order valence-corrected chi connectivity index (χ4v) is 0.794. The SMILES string of the molecule is C#CCN(CC(=O)NC)C(=O)Br. The third-order valence-electron chi connectivity index (χ3n) is 1.14. The number of nitrogens with zero attached hydrogens (tertiary/aromatic N) is 1. The Hall–Kier alpha value is -1.02. The quantitative estimate of drug-likeness (QED) is 0.429. The van der Waals surface area contributed by atoms with E-state index in [-0.39, 0.29) is 23.8 Å². The highest BCUT2D eigenvalue weighted by molar-refractivity contribution is 9.18. The van der Waals surface area contributed by atoms with E-state index in [9.17, 15) is 9.59 Å². The van der Waals surface area contributed by atoms with Gasteiger partial charge in [-0.25, -0.2) is 0 Å². The number of likely N-dealkylation sites (N-methyl/N-ethyl adjacent to an activating group) is 1. The zero-order valence-electron chi connectivity index (χ0n) is 6.63. The Bertz CT molecular complexity index is 222. The number of rotatable bonds is 3. The van der Waals surface area contributed by atoms with E-state index < -0.39 is 0 Å². The zero-order valence-corrected chi connectivity index (χ0v) is 8.22. The number of halogens is 1. The summed E-state index contributed by atoms with van der Waals surface area (Å²) in [5, 5.41) is 2.39. The molecule has 0 heterocycles. The summed E-state index contributed by atoms with van der Waals surface area (Å²) < 4.78 is 0. The summed E-state index contributed by atoms with van der Waals surface area (Å²) in [6.07, 6.45) is 4.99. The monoisotopic (exact) mass is 232 g/mol. The number of amides is 2. The van der Waals surface area contributed by atoms with Crippen molar-refractivity contribution in [3.63, 3.8) is 0 Å². The molecule has 2 amide bonds. The second-order valence-electron chi connectivity index (χ2n) is 1.99. The molecule has 1 N–H and O–H groups in total. The number of hydrogen-bond acceptors (Lipinski definition) is 2. The molecule has 0 aliphatic rings. The Labute approximate surface area is 79.4 Å². The van der Waals surface area contributed by atoms with Crippen molar-refractivity contribution in [1.29, 1.82) is 0 Å². The maximum Gasteiger partial charge on any atom is 0.290 e. The van der Waals surface area contributed by atoms with E-state index >= 15 is 0 Å². The van der Waals surface area contributed by atoms with Crippen LogP contribution in [0.3, 0.4) is 0 Å². The van der Waals surface area contributed by atoms with Gasteiger partial charge in [-0.1, -0.05) is 5.92 Å². The molecule has 0 aromatic heterocycles.